The molecule has 2 fully saturated rings. The molecule has 3 N–H and O–H groups in total. The van der Waals surface area contributed by atoms with Crippen molar-refractivity contribution in [3.63, 3.8) is 0 Å². The van der Waals surface area contributed by atoms with E-state index in [1.807, 2.05) is 12.1 Å². The Balaban J connectivity index is 1.47. The van der Waals surface area contributed by atoms with Crippen molar-refractivity contribution in [2.75, 3.05) is 0 Å². The Morgan fingerprint density at radius 2 is 2.00 bits per heavy atom. The number of aromatic amines is 1. The minimum absolute atomic E-state index is 0.131. The van der Waals surface area contributed by atoms with E-state index in [4.69, 9.17) is 22.1 Å². The minimum atomic E-state index is -0.131. The highest BCUT2D eigenvalue weighted by Gasteiger charge is 2.43. The van der Waals surface area contributed by atoms with Gasteiger partial charge in [-0.25, -0.2) is 0 Å². The van der Waals surface area contributed by atoms with Crippen LogP contribution in [0.25, 0.3) is 10.8 Å². The molecule has 1 aromatic carbocycles. The molecule has 2 aliphatic rings. The molecule has 25 heavy (non-hydrogen) atoms. The molecule has 1 unspecified atom stereocenters. The van der Waals surface area contributed by atoms with E-state index in [9.17, 15) is 4.79 Å². The molecule has 0 saturated heterocycles. The van der Waals surface area contributed by atoms with Crippen molar-refractivity contribution in [1.29, 1.82) is 0 Å². The van der Waals surface area contributed by atoms with Crippen molar-refractivity contribution >= 4 is 22.4 Å². The largest absolute Gasteiger partial charge is 0.489 e. The van der Waals surface area contributed by atoms with Gasteiger partial charge in [0.1, 0.15) is 5.75 Å². The van der Waals surface area contributed by atoms with Gasteiger partial charge in [0.2, 0.25) is 0 Å². The van der Waals surface area contributed by atoms with E-state index in [0.29, 0.717) is 22.2 Å². The van der Waals surface area contributed by atoms with Gasteiger partial charge in [-0.1, -0.05) is 18.5 Å². The van der Waals surface area contributed by atoms with Crippen molar-refractivity contribution < 1.29 is 4.74 Å². The number of hydrogen-bond donors (Lipinski definition) is 2. The first kappa shape index (κ1) is 16.9. The summed E-state index contributed by atoms with van der Waals surface area (Å²) in [5.41, 5.74) is 6.60. The third-order valence-electron chi connectivity index (χ3n) is 6.13. The number of nitrogens with one attached hydrogen (secondary N) is 1. The Labute approximate surface area is 152 Å². The molecule has 4 rings (SSSR count). The van der Waals surface area contributed by atoms with E-state index in [-0.39, 0.29) is 17.1 Å². The number of nitrogens with two attached hydrogens (primary N) is 1. The van der Waals surface area contributed by atoms with Crippen LogP contribution in [0, 0.1) is 11.3 Å². The zero-order valence-corrected chi connectivity index (χ0v) is 15.3. The summed E-state index contributed by atoms with van der Waals surface area (Å²) in [5.74, 6) is 1.40. The van der Waals surface area contributed by atoms with Crippen LogP contribution in [0.3, 0.4) is 0 Å². The minimum Gasteiger partial charge on any atom is -0.489 e. The summed E-state index contributed by atoms with van der Waals surface area (Å²) in [7, 11) is 0. The van der Waals surface area contributed by atoms with Crippen molar-refractivity contribution in [2.24, 2.45) is 17.1 Å². The van der Waals surface area contributed by atoms with Gasteiger partial charge in [0.05, 0.1) is 11.1 Å². The summed E-state index contributed by atoms with van der Waals surface area (Å²) in [4.78, 5) is 14.5. The summed E-state index contributed by atoms with van der Waals surface area (Å²) in [6.45, 7) is 2.33. The Bertz CT molecular complexity index is 835. The first-order valence-corrected chi connectivity index (χ1v) is 9.57. The Morgan fingerprint density at radius 1 is 1.28 bits per heavy atom. The van der Waals surface area contributed by atoms with Crippen LogP contribution in [0.1, 0.15) is 45.4 Å². The number of rotatable bonds is 4. The molecule has 4 nitrogen and oxygen atoms in total. The maximum absolute atomic E-state index is 11.9. The molecule has 2 saturated carbocycles. The second-order valence-corrected chi connectivity index (χ2v) is 8.42. The maximum atomic E-state index is 11.9. The Hall–Kier alpha value is -1.52. The molecule has 0 aliphatic heterocycles. The fraction of sp³-hybridized carbons (Fsp3) is 0.550. The molecule has 1 aromatic heterocycles. The fourth-order valence-corrected chi connectivity index (χ4v) is 4.39. The highest BCUT2D eigenvalue weighted by Crippen LogP contribution is 2.47. The van der Waals surface area contributed by atoms with Gasteiger partial charge in [0.25, 0.3) is 5.56 Å². The highest BCUT2D eigenvalue weighted by molar-refractivity contribution is 6.32. The molecule has 2 aromatic rings. The van der Waals surface area contributed by atoms with Gasteiger partial charge in [-0.15, -0.1) is 0 Å². The third-order valence-corrected chi connectivity index (χ3v) is 6.42. The topological polar surface area (TPSA) is 68.1 Å². The lowest BCUT2D eigenvalue weighted by Gasteiger charge is -2.41. The van der Waals surface area contributed by atoms with Gasteiger partial charge in [0.15, 0.2) is 0 Å². The van der Waals surface area contributed by atoms with Crippen molar-refractivity contribution in [3.05, 3.63) is 39.8 Å². The lowest BCUT2D eigenvalue weighted by molar-refractivity contribution is 0.0679. The fourth-order valence-electron chi connectivity index (χ4n) is 4.18. The third kappa shape index (κ3) is 3.30. The van der Waals surface area contributed by atoms with Crippen molar-refractivity contribution in [2.45, 2.75) is 57.6 Å². The normalized spacial score (nSPS) is 28.0. The van der Waals surface area contributed by atoms with Gasteiger partial charge in [-0.3, -0.25) is 4.79 Å². The number of aromatic nitrogens is 1. The average Bonchev–Trinajstić information content (AvgIpc) is 3.43. The van der Waals surface area contributed by atoms with Gasteiger partial charge in [0, 0.05) is 17.6 Å². The van der Waals surface area contributed by atoms with E-state index in [0.717, 1.165) is 37.0 Å². The maximum Gasteiger partial charge on any atom is 0.255 e. The quantitative estimate of drug-likeness (QED) is 0.856. The van der Waals surface area contributed by atoms with Gasteiger partial charge in [-0.2, -0.15) is 0 Å². The SMILES string of the molecule is C[C@]1(C(N)C2CC2)CC[C@@H](Oc2cc3cc[nH]c(=O)c3cc2Cl)CC1. The van der Waals surface area contributed by atoms with Crippen LogP contribution in [0.5, 0.6) is 5.75 Å². The highest BCUT2D eigenvalue weighted by atomic mass is 35.5. The summed E-state index contributed by atoms with van der Waals surface area (Å²) < 4.78 is 6.20. The molecule has 1 atom stereocenters. The van der Waals surface area contributed by atoms with Crippen LogP contribution in [0.15, 0.2) is 29.2 Å². The lowest BCUT2D eigenvalue weighted by Crippen LogP contribution is -2.45. The lowest BCUT2D eigenvalue weighted by atomic mass is 9.68. The summed E-state index contributed by atoms with van der Waals surface area (Å²) in [6.07, 6.45) is 8.59. The van der Waals surface area contributed by atoms with Crippen LogP contribution in [0.4, 0.5) is 0 Å². The molecule has 0 radical (unpaired) electrons. The molecular formula is C20H25ClN2O2. The van der Waals surface area contributed by atoms with E-state index >= 15 is 0 Å². The number of benzene rings is 1. The van der Waals surface area contributed by atoms with Crippen LogP contribution in [0.2, 0.25) is 5.02 Å². The van der Waals surface area contributed by atoms with Crippen LogP contribution in [-0.4, -0.2) is 17.1 Å². The Morgan fingerprint density at radius 3 is 2.68 bits per heavy atom. The molecule has 0 bridgehead atoms. The number of ether oxygens (including phenoxy) is 1. The zero-order chi connectivity index (χ0) is 17.6. The summed E-state index contributed by atoms with van der Waals surface area (Å²) in [5, 5.41) is 1.93. The van der Waals surface area contributed by atoms with E-state index in [2.05, 4.69) is 11.9 Å². The summed E-state index contributed by atoms with van der Waals surface area (Å²) in [6, 6.07) is 5.76. The average molecular weight is 361 g/mol. The zero-order valence-electron chi connectivity index (χ0n) is 14.6. The smallest absolute Gasteiger partial charge is 0.255 e. The number of H-pyrrole nitrogens is 1. The van der Waals surface area contributed by atoms with E-state index in [1.165, 1.54) is 12.8 Å². The van der Waals surface area contributed by atoms with Gasteiger partial charge >= 0.3 is 0 Å². The molecular weight excluding hydrogens is 336 g/mol. The predicted octanol–water partition coefficient (Wildman–Crippen LogP) is 4.25. The van der Waals surface area contributed by atoms with Crippen molar-refractivity contribution in [1.82, 2.24) is 4.98 Å². The van der Waals surface area contributed by atoms with Crippen LogP contribution in [-0.2, 0) is 0 Å². The predicted molar refractivity (Wildman–Crippen MR) is 101 cm³/mol. The van der Waals surface area contributed by atoms with Crippen LogP contribution >= 0.6 is 11.6 Å². The van der Waals surface area contributed by atoms with Gasteiger partial charge < -0.3 is 15.5 Å². The number of halogens is 1. The summed E-state index contributed by atoms with van der Waals surface area (Å²) >= 11 is 6.35. The molecule has 1 heterocycles. The van der Waals surface area contributed by atoms with Crippen molar-refractivity contribution in [3.8, 4) is 5.75 Å². The molecule has 0 amide bonds. The molecule has 0 spiro atoms. The number of hydrogen-bond acceptors (Lipinski definition) is 3. The van der Waals surface area contributed by atoms with E-state index < -0.39 is 0 Å². The molecule has 134 valence electrons. The monoisotopic (exact) mass is 360 g/mol. The molecule has 5 heteroatoms. The Kier molecular flexibility index (Phi) is 4.28. The molecule has 2 aliphatic carbocycles. The second-order valence-electron chi connectivity index (χ2n) is 8.01. The van der Waals surface area contributed by atoms with Gasteiger partial charge in [-0.05, 0) is 73.4 Å². The number of fused-ring (bicyclic) bond motifs is 1. The first-order valence-electron chi connectivity index (χ1n) is 9.19. The van der Waals surface area contributed by atoms with E-state index in [1.54, 1.807) is 12.3 Å². The second kappa shape index (κ2) is 6.33. The first-order chi connectivity index (χ1) is 12.0. The number of pyridine rings is 1. The standard InChI is InChI=1S/C20H25ClN2O2/c1-20(18(22)12-2-3-12)7-4-14(5-8-20)25-17-10-13-6-9-23-19(24)15(13)11-16(17)21/h6,9-12,14,18H,2-5,7-8,22H2,1H3,(H,23,24)/t14-,18?,20+. The van der Waals surface area contributed by atoms with Crippen LogP contribution < -0.4 is 16.0 Å².